The average molecular weight is 363 g/mol. The molecule has 5 rings (SSSR count). The number of nitrogens with zero attached hydrogens (tertiary/aromatic N) is 2. The van der Waals surface area contributed by atoms with Gasteiger partial charge in [0.25, 0.3) is 5.91 Å². The number of carbonyl (C=O) groups excluding carboxylic acids is 1. The Bertz CT molecular complexity index is 1060. The van der Waals surface area contributed by atoms with E-state index < -0.39 is 6.10 Å². The van der Waals surface area contributed by atoms with Crippen LogP contribution in [0.5, 0.6) is 5.75 Å². The number of hydrogen-bond donors (Lipinski definition) is 3. The van der Waals surface area contributed by atoms with Gasteiger partial charge in [0.1, 0.15) is 5.75 Å². The zero-order valence-electron chi connectivity index (χ0n) is 15.0. The summed E-state index contributed by atoms with van der Waals surface area (Å²) in [6.45, 7) is 2.73. The van der Waals surface area contributed by atoms with Gasteiger partial charge in [0.2, 0.25) is 0 Å². The number of phenols is 1. The molecule has 0 radical (unpaired) electrons. The van der Waals surface area contributed by atoms with Crippen molar-refractivity contribution in [2.75, 3.05) is 6.54 Å². The molecule has 138 valence electrons. The molecule has 2 heterocycles. The van der Waals surface area contributed by atoms with Crippen molar-refractivity contribution in [2.45, 2.75) is 37.3 Å². The molecule has 1 fully saturated rings. The second kappa shape index (κ2) is 5.57. The van der Waals surface area contributed by atoms with E-state index in [1.807, 2.05) is 12.1 Å². The lowest BCUT2D eigenvalue weighted by molar-refractivity contribution is -0.00636. The smallest absolute Gasteiger partial charge is 0.254 e. The minimum Gasteiger partial charge on any atom is -0.508 e. The van der Waals surface area contributed by atoms with Crippen LogP contribution >= 0.6 is 0 Å². The van der Waals surface area contributed by atoms with Crippen molar-refractivity contribution in [3.05, 3.63) is 59.4 Å². The van der Waals surface area contributed by atoms with Crippen LogP contribution in [0.25, 0.3) is 11.0 Å². The zero-order chi connectivity index (χ0) is 18.8. The molecule has 1 aliphatic carbocycles. The average Bonchev–Trinajstić information content (AvgIpc) is 3.14. The van der Waals surface area contributed by atoms with Gasteiger partial charge >= 0.3 is 0 Å². The fourth-order valence-corrected chi connectivity index (χ4v) is 4.75. The summed E-state index contributed by atoms with van der Waals surface area (Å²) in [5, 5.41) is 20.9. The van der Waals surface area contributed by atoms with Crippen LogP contribution in [0.15, 0.2) is 42.7 Å². The number of aliphatic hydroxyl groups excluding tert-OH is 1. The molecule has 1 aromatic heterocycles. The van der Waals surface area contributed by atoms with Gasteiger partial charge in [-0.3, -0.25) is 4.79 Å². The lowest BCUT2D eigenvalue weighted by atomic mass is 9.64. The number of rotatable bonds is 1. The first kappa shape index (κ1) is 16.3. The van der Waals surface area contributed by atoms with E-state index in [2.05, 4.69) is 16.9 Å². The van der Waals surface area contributed by atoms with Crippen molar-refractivity contribution in [3.63, 3.8) is 0 Å². The highest BCUT2D eigenvalue weighted by Crippen LogP contribution is 2.49. The van der Waals surface area contributed by atoms with Crippen molar-refractivity contribution >= 4 is 16.9 Å². The van der Waals surface area contributed by atoms with Crippen LogP contribution in [-0.4, -0.2) is 43.6 Å². The molecule has 6 heteroatoms. The summed E-state index contributed by atoms with van der Waals surface area (Å²) in [7, 11) is 0. The summed E-state index contributed by atoms with van der Waals surface area (Å²) < 4.78 is 0. The highest BCUT2D eigenvalue weighted by Gasteiger charge is 2.48. The number of phenolic OH excluding ortho intramolecular Hbond substituents is 1. The van der Waals surface area contributed by atoms with E-state index in [1.54, 1.807) is 35.5 Å². The van der Waals surface area contributed by atoms with Crippen LogP contribution in [0.4, 0.5) is 0 Å². The van der Waals surface area contributed by atoms with E-state index in [0.29, 0.717) is 18.5 Å². The van der Waals surface area contributed by atoms with Crippen LogP contribution < -0.4 is 0 Å². The highest BCUT2D eigenvalue weighted by atomic mass is 16.3. The molecule has 1 saturated heterocycles. The molecule has 2 aliphatic rings. The van der Waals surface area contributed by atoms with Crippen LogP contribution in [0.2, 0.25) is 0 Å². The number of imidazole rings is 1. The molecule has 3 aromatic rings. The number of likely N-dealkylation sites (tertiary alicyclic amines) is 1. The number of carbonyl (C=O) groups is 1. The maximum atomic E-state index is 13.2. The SMILES string of the molecule is CC12CCN(C(=O)c3ccc4nc[nH]c4c3)C(C1)C(O)c1ccc(O)cc12. The van der Waals surface area contributed by atoms with Gasteiger partial charge in [-0.15, -0.1) is 0 Å². The molecule has 3 N–H and O–H groups in total. The Kier molecular flexibility index (Phi) is 3.37. The number of aromatic hydroxyl groups is 1. The Hall–Kier alpha value is -2.86. The largest absolute Gasteiger partial charge is 0.508 e. The number of aromatic nitrogens is 2. The van der Waals surface area contributed by atoms with E-state index in [9.17, 15) is 15.0 Å². The van der Waals surface area contributed by atoms with Gasteiger partial charge in [0.15, 0.2) is 0 Å². The first-order chi connectivity index (χ1) is 13.0. The van der Waals surface area contributed by atoms with Gasteiger partial charge in [0, 0.05) is 12.1 Å². The topological polar surface area (TPSA) is 89.5 Å². The normalized spacial score (nSPS) is 26.8. The van der Waals surface area contributed by atoms with E-state index in [-0.39, 0.29) is 23.1 Å². The van der Waals surface area contributed by atoms with Gasteiger partial charge in [-0.25, -0.2) is 4.98 Å². The molecular weight excluding hydrogens is 342 g/mol. The number of nitrogens with one attached hydrogen (secondary N) is 1. The summed E-state index contributed by atoms with van der Waals surface area (Å²) in [6, 6.07) is 10.3. The molecule has 27 heavy (non-hydrogen) atoms. The third-order valence-electron chi connectivity index (χ3n) is 6.26. The summed E-state index contributed by atoms with van der Waals surface area (Å²) in [5.41, 5.74) is 3.91. The number of fused-ring (bicyclic) bond motifs is 5. The summed E-state index contributed by atoms with van der Waals surface area (Å²) >= 11 is 0. The minimum atomic E-state index is -0.756. The van der Waals surface area contributed by atoms with E-state index in [4.69, 9.17) is 0 Å². The minimum absolute atomic E-state index is 0.0696. The van der Waals surface area contributed by atoms with Crippen molar-refractivity contribution in [1.29, 1.82) is 0 Å². The lowest BCUT2D eigenvalue weighted by Crippen LogP contribution is -2.55. The lowest BCUT2D eigenvalue weighted by Gasteiger charge is -2.51. The van der Waals surface area contributed by atoms with E-state index in [1.165, 1.54) is 0 Å². The predicted molar refractivity (Wildman–Crippen MR) is 101 cm³/mol. The number of amides is 1. The van der Waals surface area contributed by atoms with Gasteiger partial charge in [0.05, 0.1) is 29.5 Å². The van der Waals surface area contributed by atoms with Crippen LogP contribution in [-0.2, 0) is 5.41 Å². The molecular formula is C21H21N3O3. The first-order valence-corrected chi connectivity index (χ1v) is 9.22. The Morgan fingerprint density at radius 1 is 1.30 bits per heavy atom. The number of piperidine rings is 1. The van der Waals surface area contributed by atoms with Gasteiger partial charge in [-0.05, 0) is 59.7 Å². The van der Waals surface area contributed by atoms with Gasteiger partial charge in [-0.1, -0.05) is 13.0 Å². The number of hydrogen-bond acceptors (Lipinski definition) is 4. The molecule has 2 aromatic carbocycles. The number of H-pyrrole nitrogens is 1. The number of aromatic amines is 1. The summed E-state index contributed by atoms with van der Waals surface area (Å²) in [4.78, 5) is 22.3. The molecule has 3 atom stereocenters. The molecule has 0 saturated carbocycles. The fourth-order valence-electron chi connectivity index (χ4n) is 4.75. The van der Waals surface area contributed by atoms with Crippen LogP contribution in [0.3, 0.4) is 0 Å². The zero-order valence-corrected chi connectivity index (χ0v) is 15.0. The second-order valence-electron chi connectivity index (χ2n) is 7.93. The third-order valence-corrected chi connectivity index (χ3v) is 6.26. The van der Waals surface area contributed by atoms with Crippen molar-refractivity contribution < 1.29 is 15.0 Å². The predicted octanol–water partition coefficient (Wildman–Crippen LogP) is 2.88. The van der Waals surface area contributed by atoms with Gasteiger partial charge in [-0.2, -0.15) is 0 Å². The Morgan fingerprint density at radius 2 is 2.15 bits per heavy atom. The molecule has 1 amide bonds. The Balaban J connectivity index is 1.52. The van der Waals surface area contributed by atoms with Crippen LogP contribution in [0, 0.1) is 0 Å². The van der Waals surface area contributed by atoms with Crippen molar-refractivity contribution in [2.24, 2.45) is 0 Å². The molecule has 2 bridgehead atoms. The van der Waals surface area contributed by atoms with Crippen LogP contribution in [0.1, 0.15) is 47.4 Å². The fraction of sp³-hybridized carbons (Fsp3) is 0.333. The maximum Gasteiger partial charge on any atom is 0.254 e. The standard InChI is InChI=1S/C21H21N3O3/c1-21-6-7-24(20(27)12-2-5-16-17(8-12)23-11-22-16)18(10-21)19(26)14-4-3-13(25)9-15(14)21/h2-5,8-9,11,18-19,25-26H,6-7,10H2,1H3,(H,22,23). The Labute approximate surface area is 156 Å². The summed E-state index contributed by atoms with van der Waals surface area (Å²) in [5.74, 6) is 0.145. The van der Waals surface area contributed by atoms with Gasteiger partial charge < -0.3 is 20.1 Å². The molecule has 6 nitrogen and oxygen atoms in total. The summed E-state index contributed by atoms with van der Waals surface area (Å²) in [6.07, 6.45) is 2.34. The van der Waals surface area contributed by atoms with E-state index >= 15 is 0 Å². The third kappa shape index (κ3) is 2.36. The Morgan fingerprint density at radius 3 is 3.00 bits per heavy atom. The van der Waals surface area contributed by atoms with Crippen molar-refractivity contribution in [3.8, 4) is 5.75 Å². The monoisotopic (exact) mass is 363 g/mol. The highest BCUT2D eigenvalue weighted by molar-refractivity contribution is 5.97. The molecule has 3 unspecified atom stereocenters. The maximum absolute atomic E-state index is 13.2. The molecule has 0 spiro atoms. The molecule has 1 aliphatic heterocycles. The number of aliphatic hydroxyl groups is 1. The first-order valence-electron chi connectivity index (χ1n) is 9.22. The number of benzene rings is 2. The quantitative estimate of drug-likeness (QED) is 0.620. The second-order valence-corrected chi connectivity index (χ2v) is 7.93. The van der Waals surface area contributed by atoms with E-state index in [0.717, 1.165) is 28.6 Å². The van der Waals surface area contributed by atoms with Crippen molar-refractivity contribution in [1.82, 2.24) is 14.9 Å².